The van der Waals surface area contributed by atoms with Gasteiger partial charge in [-0.25, -0.2) is 4.79 Å². The van der Waals surface area contributed by atoms with Crippen LogP contribution in [0.2, 0.25) is 0 Å². The van der Waals surface area contributed by atoms with E-state index in [9.17, 15) is 4.79 Å². The predicted octanol–water partition coefficient (Wildman–Crippen LogP) is 3.68. The normalized spacial score (nSPS) is 11.2. The second-order valence-electron chi connectivity index (χ2n) is 5.97. The quantitative estimate of drug-likeness (QED) is 0.351. The zero-order valence-electron chi connectivity index (χ0n) is 15.8. The fraction of sp³-hybridized carbons (Fsp3) is 0.190. The smallest absolute Gasteiger partial charge is 0.377 e. The molecule has 0 radical (unpaired) electrons. The highest BCUT2D eigenvalue weighted by Gasteiger charge is 2.16. The standard InChI is InChI=1S/C21H20N2O5/c1-14-9-10-16(12-17(14)27-18(13-25-2)21(24)26-3)20-22-19(28-23-20)11-15-7-5-4-6-8-15/h4-10,12-13H,11H2,1-3H3/b18-13-. The van der Waals surface area contributed by atoms with Crippen LogP contribution in [0.25, 0.3) is 11.4 Å². The van der Waals surface area contributed by atoms with Gasteiger partial charge < -0.3 is 18.7 Å². The van der Waals surface area contributed by atoms with Crippen molar-refractivity contribution in [2.45, 2.75) is 13.3 Å². The van der Waals surface area contributed by atoms with Crippen LogP contribution in [-0.4, -0.2) is 30.3 Å². The van der Waals surface area contributed by atoms with Crippen molar-refractivity contribution in [3.8, 4) is 17.1 Å². The molecular formula is C21H20N2O5. The number of methoxy groups -OCH3 is 2. The van der Waals surface area contributed by atoms with E-state index in [1.54, 1.807) is 6.07 Å². The second-order valence-corrected chi connectivity index (χ2v) is 5.97. The number of hydrogen-bond acceptors (Lipinski definition) is 7. The number of aryl methyl sites for hydroxylation is 1. The van der Waals surface area contributed by atoms with Gasteiger partial charge in [0.05, 0.1) is 20.6 Å². The van der Waals surface area contributed by atoms with E-state index in [1.807, 2.05) is 49.4 Å². The number of benzene rings is 2. The van der Waals surface area contributed by atoms with Gasteiger partial charge in [0, 0.05) is 5.56 Å². The Balaban J connectivity index is 1.83. The van der Waals surface area contributed by atoms with Crippen molar-refractivity contribution in [2.24, 2.45) is 0 Å². The Kier molecular flexibility index (Phi) is 6.06. The molecule has 7 heteroatoms. The number of esters is 1. The van der Waals surface area contributed by atoms with Gasteiger partial charge in [-0.2, -0.15) is 4.98 Å². The zero-order chi connectivity index (χ0) is 19.9. The van der Waals surface area contributed by atoms with Crippen molar-refractivity contribution in [3.63, 3.8) is 0 Å². The number of hydrogen-bond donors (Lipinski definition) is 0. The summed E-state index contributed by atoms with van der Waals surface area (Å²) in [6.45, 7) is 1.86. The van der Waals surface area contributed by atoms with E-state index >= 15 is 0 Å². The Morgan fingerprint density at radius 2 is 1.93 bits per heavy atom. The van der Waals surface area contributed by atoms with Crippen molar-refractivity contribution in [3.05, 3.63) is 77.6 Å². The molecule has 0 unspecified atom stereocenters. The largest absolute Gasteiger partial charge is 0.500 e. The van der Waals surface area contributed by atoms with Crippen molar-refractivity contribution in [2.75, 3.05) is 14.2 Å². The molecule has 0 spiro atoms. The molecule has 0 saturated carbocycles. The van der Waals surface area contributed by atoms with E-state index in [0.717, 1.165) is 11.1 Å². The summed E-state index contributed by atoms with van der Waals surface area (Å²) >= 11 is 0. The lowest BCUT2D eigenvalue weighted by Crippen LogP contribution is -2.11. The van der Waals surface area contributed by atoms with E-state index in [0.29, 0.717) is 29.4 Å². The molecule has 1 heterocycles. The molecule has 1 aromatic heterocycles. The molecule has 0 bridgehead atoms. The first-order valence-electron chi connectivity index (χ1n) is 8.57. The van der Waals surface area contributed by atoms with Crippen molar-refractivity contribution in [1.29, 1.82) is 0 Å². The molecule has 0 amide bonds. The minimum Gasteiger partial charge on any atom is -0.500 e. The van der Waals surface area contributed by atoms with Crippen molar-refractivity contribution in [1.82, 2.24) is 10.1 Å². The van der Waals surface area contributed by atoms with Gasteiger partial charge in [0.25, 0.3) is 0 Å². The molecular weight excluding hydrogens is 360 g/mol. The van der Waals surface area contributed by atoms with Crippen LogP contribution >= 0.6 is 0 Å². The summed E-state index contributed by atoms with van der Waals surface area (Å²) in [6.07, 6.45) is 1.73. The number of carbonyl (C=O) groups is 1. The van der Waals surface area contributed by atoms with Crippen LogP contribution in [0.3, 0.4) is 0 Å². The van der Waals surface area contributed by atoms with Gasteiger partial charge in [-0.05, 0) is 24.1 Å². The van der Waals surface area contributed by atoms with Crippen LogP contribution < -0.4 is 4.74 Å². The van der Waals surface area contributed by atoms with Gasteiger partial charge in [0.2, 0.25) is 17.5 Å². The summed E-state index contributed by atoms with van der Waals surface area (Å²) < 4.78 is 20.6. The molecule has 7 nitrogen and oxygen atoms in total. The number of aromatic nitrogens is 2. The molecule has 28 heavy (non-hydrogen) atoms. The molecule has 3 aromatic rings. The van der Waals surface area contributed by atoms with Crippen molar-refractivity contribution < 1.29 is 23.5 Å². The molecule has 0 fully saturated rings. The van der Waals surface area contributed by atoms with Crippen LogP contribution in [0, 0.1) is 6.92 Å². The van der Waals surface area contributed by atoms with E-state index in [4.69, 9.17) is 18.7 Å². The van der Waals surface area contributed by atoms with E-state index in [1.165, 1.54) is 20.5 Å². The zero-order valence-corrected chi connectivity index (χ0v) is 15.8. The minimum atomic E-state index is -0.642. The molecule has 0 saturated heterocycles. The third kappa shape index (κ3) is 4.56. The first kappa shape index (κ1) is 19.2. The predicted molar refractivity (Wildman–Crippen MR) is 101 cm³/mol. The molecule has 0 aliphatic rings. The third-order valence-corrected chi connectivity index (χ3v) is 3.94. The Hall–Kier alpha value is -3.61. The Morgan fingerprint density at radius 3 is 2.64 bits per heavy atom. The average molecular weight is 380 g/mol. The van der Waals surface area contributed by atoms with E-state index in [2.05, 4.69) is 10.1 Å². The molecule has 0 N–H and O–H groups in total. The molecule has 0 aliphatic carbocycles. The van der Waals surface area contributed by atoms with Crippen molar-refractivity contribution >= 4 is 5.97 Å². The van der Waals surface area contributed by atoms with Gasteiger partial charge in [-0.3, -0.25) is 0 Å². The molecule has 0 aliphatic heterocycles. The van der Waals surface area contributed by atoms with Crippen LogP contribution in [0.15, 0.2) is 65.1 Å². The topological polar surface area (TPSA) is 83.7 Å². The SMILES string of the molecule is CO/C=C(\Oc1cc(-c2noc(Cc3ccccc3)n2)ccc1C)C(=O)OC. The minimum absolute atomic E-state index is 0.0665. The second kappa shape index (κ2) is 8.85. The van der Waals surface area contributed by atoms with E-state index < -0.39 is 5.97 Å². The van der Waals surface area contributed by atoms with Crippen LogP contribution in [0.5, 0.6) is 5.75 Å². The molecule has 144 valence electrons. The average Bonchev–Trinajstić information content (AvgIpc) is 3.17. The first-order valence-corrected chi connectivity index (χ1v) is 8.57. The summed E-state index contributed by atoms with van der Waals surface area (Å²) in [5.41, 5.74) is 2.60. The highest BCUT2D eigenvalue weighted by Crippen LogP contribution is 2.27. The molecule has 2 aromatic carbocycles. The van der Waals surface area contributed by atoms with Crippen LogP contribution in [0.4, 0.5) is 0 Å². The lowest BCUT2D eigenvalue weighted by molar-refractivity contribution is -0.138. The van der Waals surface area contributed by atoms with Gasteiger partial charge in [-0.15, -0.1) is 0 Å². The van der Waals surface area contributed by atoms with Gasteiger partial charge in [0.1, 0.15) is 12.0 Å². The monoisotopic (exact) mass is 380 g/mol. The number of nitrogens with zero attached hydrogens (tertiary/aromatic N) is 2. The lowest BCUT2D eigenvalue weighted by atomic mass is 10.1. The van der Waals surface area contributed by atoms with E-state index in [-0.39, 0.29) is 5.76 Å². The van der Waals surface area contributed by atoms with Gasteiger partial charge in [0.15, 0.2) is 0 Å². The number of ether oxygens (including phenoxy) is 3. The van der Waals surface area contributed by atoms with Crippen LogP contribution in [0.1, 0.15) is 17.0 Å². The van der Waals surface area contributed by atoms with Gasteiger partial charge in [-0.1, -0.05) is 47.6 Å². The maximum absolute atomic E-state index is 11.8. The maximum Gasteiger partial charge on any atom is 0.377 e. The summed E-state index contributed by atoms with van der Waals surface area (Å²) in [5.74, 6) is 0.699. The molecule has 0 atom stereocenters. The highest BCUT2D eigenvalue weighted by atomic mass is 16.6. The maximum atomic E-state index is 11.8. The third-order valence-electron chi connectivity index (χ3n) is 3.94. The summed E-state index contributed by atoms with van der Waals surface area (Å²) in [6, 6.07) is 15.3. The van der Waals surface area contributed by atoms with Crippen LogP contribution in [-0.2, 0) is 20.7 Å². The Bertz CT molecular complexity index is 979. The summed E-state index contributed by atoms with van der Waals surface area (Å²) in [7, 11) is 2.69. The first-order chi connectivity index (χ1) is 13.6. The number of carbonyl (C=O) groups excluding carboxylic acids is 1. The fourth-order valence-electron chi connectivity index (χ4n) is 2.50. The Morgan fingerprint density at radius 1 is 1.14 bits per heavy atom. The summed E-state index contributed by atoms with van der Waals surface area (Å²) in [5, 5.41) is 4.05. The number of rotatable bonds is 7. The molecule has 3 rings (SSSR count). The summed E-state index contributed by atoms with van der Waals surface area (Å²) in [4.78, 5) is 16.3. The van der Waals surface area contributed by atoms with Gasteiger partial charge >= 0.3 is 5.97 Å². The fourth-order valence-corrected chi connectivity index (χ4v) is 2.50. The Labute approximate surface area is 162 Å². The highest BCUT2D eigenvalue weighted by molar-refractivity contribution is 5.86. The lowest BCUT2D eigenvalue weighted by Gasteiger charge is -2.11.